The zero-order valence-corrected chi connectivity index (χ0v) is 14.0. The lowest BCUT2D eigenvalue weighted by Crippen LogP contribution is -2.56. The average Bonchev–Trinajstić information content (AvgIpc) is 2.64. The number of hydrogen-bond donors (Lipinski definition) is 2. The minimum Gasteiger partial charge on any atom is -0.497 e. The van der Waals surface area contributed by atoms with Crippen molar-refractivity contribution in [3.63, 3.8) is 0 Å². The molecule has 130 valence electrons. The molecular formula is C17H24N4O3. The van der Waals surface area contributed by atoms with Crippen LogP contribution >= 0.6 is 0 Å². The maximum absolute atomic E-state index is 12.4. The van der Waals surface area contributed by atoms with Crippen molar-refractivity contribution in [2.45, 2.75) is 12.5 Å². The lowest BCUT2D eigenvalue weighted by Gasteiger charge is -2.37. The van der Waals surface area contributed by atoms with E-state index in [0.29, 0.717) is 26.2 Å². The molecular weight excluding hydrogens is 308 g/mol. The Balaban J connectivity index is 1.52. The topological polar surface area (TPSA) is 73.9 Å². The van der Waals surface area contributed by atoms with E-state index in [1.807, 2.05) is 23.1 Å². The van der Waals surface area contributed by atoms with Crippen LogP contribution < -0.4 is 20.3 Å². The van der Waals surface area contributed by atoms with E-state index >= 15 is 0 Å². The highest BCUT2D eigenvalue weighted by Gasteiger charge is 2.28. The molecule has 24 heavy (non-hydrogen) atoms. The van der Waals surface area contributed by atoms with Gasteiger partial charge in [-0.05, 0) is 12.1 Å². The first-order chi connectivity index (χ1) is 11.7. The van der Waals surface area contributed by atoms with Gasteiger partial charge in [0.25, 0.3) is 0 Å². The van der Waals surface area contributed by atoms with Crippen molar-refractivity contribution >= 4 is 17.5 Å². The third-order valence-electron chi connectivity index (χ3n) is 4.56. The molecule has 0 aromatic heterocycles. The van der Waals surface area contributed by atoms with E-state index < -0.39 is 6.04 Å². The number of hydrogen-bond acceptors (Lipinski definition) is 5. The lowest BCUT2D eigenvalue weighted by atomic mass is 10.1. The highest BCUT2D eigenvalue weighted by molar-refractivity contribution is 5.88. The van der Waals surface area contributed by atoms with Crippen molar-refractivity contribution < 1.29 is 14.3 Å². The van der Waals surface area contributed by atoms with Gasteiger partial charge in [0, 0.05) is 51.0 Å². The highest BCUT2D eigenvalue weighted by atomic mass is 16.5. The Morgan fingerprint density at radius 2 is 2.04 bits per heavy atom. The summed E-state index contributed by atoms with van der Waals surface area (Å²) in [6, 6.07) is 7.55. The summed E-state index contributed by atoms with van der Waals surface area (Å²) in [5, 5.41) is 5.89. The van der Waals surface area contributed by atoms with Crippen LogP contribution in [0, 0.1) is 0 Å². The van der Waals surface area contributed by atoms with E-state index in [0.717, 1.165) is 24.5 Å². The van der Waals surface area contributed by atoms with Crippen LogP contribution in [0.3, 0.4) is 0 Å². The number of nitrogens with one attached hydrogen (secondary N) is 2. The minimum absolute atomic E-state index is 0.0369. The molecule has 0 bridgehead atoms. The van der Waals surface area contributed by atoms with Gasteiger partial charge in [0.15, 0.2) is 0 Å². The minimum atomic E-state index is -0.400. The summed E-state index contributed by atoms with van der Waals surface area (Å²) in [6.45, 7) is 4.25. The molecule has 1 atom stereocenters. The number of piperazine rings is 2. The predicted octanol–water partition coefficient (Wildman–Crippen LogP) is -0.178. The average molecular weight is 332 g/mol. The van der Waals surface area contributed by atoms with Crippen molar-refractivity contribution in [2.24, 2.45) is 0 Å². The number of ether oxygens (including phenoxy) is 1. The van der Waals surface area contributed by atoms with Crippen molar-refractivity contribution in [1.82, 2.24) is 15.5 Å². The molecule has 2 amide bonds. The number of methoxy groups -OCH3 is 1. The van der Waals surface area contributed by atoms with Gasteiger partial charge in [-0.2, -0.15) is 0 Å². The van der Waals surface area contributed by atoms with E-state index in [1.54, 1.807) is 7.11 Å². The maximum atomic E-state index is 12.4. The summed E-state index contributed by atoms with van der Waals surface area (Å²) < 4.78 is 5.26. The first-order valence-corrected chi connectivity index (χ1v) is 8.35. The standard InChI is InChI=1S/C17H24N4O3/c1-24-14-4-2-3-13(11-14)20-7-9-21(10-8-20)16(22)12-15-17(23)19-6-5-18-15/h2-4,11,15,18H,5-10,12H2,1H3,(H,19,23)/t15-/m1/s1. The number of benzene rings is 1. The molecule has 0 spiro atoms. The molecule has 2 aliphatic heterocycles. The third kappa shape index (κ3) is 3.79. The first-order valence-electron chi connectivity index (χ1n) is 8.35. The number of nitrogens with zero attached hydrogens (tertiary/aromatic N) is 2. The Kier molecular flexibility index (Phi) is 5.20. The van der Waals surface area contributed by atoms with Gasteiger partial charge in [-0.1, -0.05) is 6.07 Å². The molecule has 2 fully saturated rings. The monoisotopic (exact) mass is 332 g/mol. The summed E-state index contributed by atoms with van der Waals surface area (Å²) in [5.74, 6) is 0.792. The second kappa shape index (κ2) is 7.53. The molecule has 2 N–H and O–H groups in total. The quantitative estimate of drug-likeness (QED) is 0.800. The van der Waals surface area contributed by atoms with Crippen molar-refractivity contribution in [1.29, 1.82) is 0 Å². The van der Waals surface area contributed by atoms with E-state index in [4.69, 9.17) is 4.74 Å². The second-order valence-corrected chi connectivity index (χ2v) is 6.07. The Bertz CT molecular complexity index is 599. The van der Waals surface area contributed by atoms with Gasteiger partial charge in [0.05, 0.1) is 19.6 Å². The maximum Gasteiger partial charge on any atom is 0.237 e. The van der Waals surface area contributed by atoms with Gasteiger partial charge < -0.3 is 25.2 Å². The molecule has 2 aliphatic rings. The number of carbonyl (C=O) groups excluding carboxylic acids is 2. The fourth-order valence-electron chi connectivity index (χ4n) is 3.14. The van der Waals surface area contributed by atoms with Crippen LogP contribution in [-0.4, -0.2) is 69.1 Å². The van der Waals surface area contributed by atoms with Crippen molar-refractivity contribution in [3.8, 4) is 5.75 Å². The number of amides is 2. The van der Waals surface area contributed by atoms with Crippen LogP contribution in [0.1, 0.15) is 6.42 Å². The number of anilines is 1. The predicted molar refractivity (Wildman–Crippen MR) is 91.2 cm³/mol. The van der Waals surface area contributed by atoms with Crippen LogP contribution in [0.15, 0.2) is 24.3 Å². The van der Waals surface area contributed by atoms with E-state index in [-0.39, 0.29) is 18.2 Å². The molecule has 1 aromatic carbocycles. The molecule has 0 unspecified atom stereocenters. The summed E-state index contributed by atoms with van der Waals surface area (Å²) in [6.07, 6.45) is 0.227. The van der Waals surface area contributed by atoms with Gasteiger partial charge in [0.2, 0.25) is 11.8 Å². The van der Waals surface area contributed by atoms with Crippen LogP contribution in [0.2, 0.25) is 0 Å². The summed E-state index contributed by atoms with van der Waals surface area (Å²) in [7, 11) is 1.66. The van der Waals surface area contributed by atoms with Crippen molar-refractivity contribution in [2.75, 3.05) is 51.3 Å². The van der Waals surface area contributed by atoms with Crippen LogP contribution in [0.5, 0.6) is 5.75 Å². The SMILES string of the molecule is COc1cccc(N2CCN(C(=O)C[C@H]3NCCNC3=O)CC2)c1. The molecule has 7 heteroatoms. The van der Waals surface area contributed by atoms with Gasteiger partial charge in [-0.25, -0.2) is 0 Å². The van der Waals surface area contributed by atoms with Crippen LogP contribution in [0.4, 0.5) is 5.69 Å². The van der Waals surface area contributed by atoms with Crippen LogP contribution in [0.25, 0.3) is 0 Å². The lowest BCUT2D eigenvalue weighted by molar-refractivity contribution is -0.135. The summed E-state index contributed by atoms with van der Waals surface area (Å²) in [4.78, 5) is 28.3. The second-order valence-electron chi connectivity index (χ2n) is 6.07. The Morgan fingerprint density at radius 1 is 1.25 bits per heavy atom. The summed E-state index contributed by atoms with van der Waals surface area (Å²) in [5.41, 5.74) is 1.11. The normalized spacial score (nSPS) is 21.4. The van der Waals surface area contributed by atoms with Gasteiger partial charge in [-0.3, -0.25) is 9.59 Å². The number of rotatable bonds is 4. The van der Waals surface area contributed by atoms with Gasteiger partial charge in [0.1, 0.15) is 5.75 Å². The smallest absolute Gasteiger partial charge is 0.237 e. The Morgan fingerprint density at radius 3 is 2.75 bits per heavy atom. The highest BCUT2D eigenvalue weighted by Crippen LogP contribution is 2.22. The molecule has 0 radical (unpaired) electrons. The van der Waals surface area contributed by atoms with E-state index in [9.17, 15) is 9.59 Å². The van der Waals surface area contributed by atoms with Crippen LogP contribution in [-0.2, 0) is 9.59 Å². The molecule has 2 saturated heterocycles. The van der Waals surface area contributed by atoms with Gasteiger partial charge in [-0.15, -0.1) is 0 Å². The zero-order valence-electron chi connectivity index (χ0n) is 14.0. The van der Waals surface area contributed by atoms with E-state index in [1.165, 1.54) is 0 Å². The Hall–Kier alpha value is -2.28. The van der Waals surface area contributed by atoms with E-state index in [2.05, 4.69) is 21.6 Å². The number of carbonyl (C=O) groups is 2. The fourth-order valence-corrected chi connectivity index (χ4v) is 3.14. The fraction of sp³-hybridized carbons (Fsp3) is 0.529. The largest absolute Gasteiger partial charge is 0.497 e. The van der Waals surface area contributed by atoms with Gasteiger partial charge >= 0.3 is 0 Å². The molecule has 0 saturated carbocycles. The zero-order chi connectivity index (χ0) is 16.9. The summed E-state index contributed by atoms with van der Waals surface area (Å²) >= 11 is 0. The van der Waals surface area contributed by atoms with Crippen molar-refractivity contribution in [3.05, 3.63) is 24.3 Å². The molecule has 7 nitrogen and oxygen atoms in total. The molecule has 0 aliphatic carbocycles. The Labute approximate surface area is 141 Å². The molecule has 2 heterocycles. The third-order valence-corrected chi connectivity index (χ3v) is 4.56. The molecule has 1 aromatic rings. The molecule has 3 rings (SSSR count). The first kappa shape index (κ1) is 16.6.